The van der Waals surface area contributed by atoms with Crippen molar-refractivity contribution in [2.75, 3.05) is 20.3 Å². The second kappa shape index (κ2) is 9.08. The Kier molecular flexibility index (Phi) is 6.78. The molecule has 1 heterocycles. The third-order valence-corrected chi connectivity index (χ3v) is 3.68. The molecule has 5 heteroatoms. The number of hydrogen-bond acceptors (Lipinski definition) is 5. The number of carbonyl (C=O) groups is 1. The number of allylic oxidation sites excluding steroid dienone is 2. The van der Waals surface area contributed by atoms with Crippen molar-refractivity contribution in [1.29, 1.82) is 0 Å². The Morgan fingerprint density at radius 2 is 1.65 bits per heavy atom. The van der Waals surface area contributed by atoms with Crippen molar-refractivity contribution < 1.29 is 24.1 Å². The predicted octanol–water partition coefficient (Wildman–Crippen LogP) is 3.85. The molecule has 1 N–H and O–H groups in total. The van der Waals surface area contributed by atoms with E-state index in [1.807, 2.05) is 0 Å². The molecule has 1 aliphatic rings. The standard InChI is InChI=1S/C18H24O5/c1-21-14-12-15(19)17-16(13-14)22-10-8-6-4-2-3-5-7-9-11-23-18(17)20/h2-3,12-13,19H,4-11H2,1H3/b3-2+. The molecule has 1 aromatic carbocycles. The van der Waals surface area contributed by atoms with E-state index in [2.05, 4.69) is 12.2 Å². The van der Waals surface area contributed by atoms with Gasteiger partial charge in [0.2, 0.25) is 0 Å². The van der Waals surface area contributed by atoms with Gasteiger partial charge in [-0.3, -0.25) is 0 Å². The minimum Gasteiger partial charge on any atom is -0.507 e. The van der Waals surface area contributed by atoms with Crippen LogP contribution in [0.25, 0.3) is 0 Å². The Morgan fingerprint density at radius 3 is 2.30 bits per heavy atom. The van der Waals surface area contributed by atoms with Crippen LogP contribution in [0.2, 0.25) is 0 Å². The van der Waals surface area contributed by atoms with Gasteiger partial charge in [0.15, 0.2) is 0 Å². The van der Waals surface area contributed by atoms with Gasteiger partial charge in [0.05, 0.1) is 20.3 Å². The number of fused-ring (bicyclic) bond motifs is 1. The normalized spacial score (nSPS) is 18.6. The molecule has 0 atom stereocenters. The highest BCUT2D eigenvalue weighted by Gasteiger charge is 2.21. The summed E-state index contributed by atoms with van der Waals surface area (Å²) in [6.45, 7) is 0.804. The Bertz CT molecular complexity index is 551. The third kappa shape index (κ3) is 5.20. The van der Waals surface area contributed by atoms with Crippen molar-refractivity contribution in [2.45, 2.75) is 38.5 Å². The highest BCUT2D eigenvalue weighted by atomic mass is 16.5. The minimum absolute atomic E-state index is 0.0683. The second-order valence-corrected chi connectivity index (χ2v) is 5.47. The number of aromatic hydroxyl groups is 1. The number of esters is 1. The number of phenolic OH excluding ortho intramolecular Hbond substituents is 1. The van der Waals surface area contributed by atoms with E-state index >= 15 is 0 Å². The first kappa shape index (κ1) is 17.2. The van der Waals surface area contributed by atoms with Gasteiger partial charge < -0.3 is 19.3 Å². The van der Waals surface area contributed by atoms with Crippen LogP contribution in [-0.2, 0) is 4.74 Å². The van der Waals surface area contributed by atoms with Crippen LogP contribution in [0.1, 0.15) is 48.9 Å². The van der Waals surface area contributed by atoms with Gasteiger partial charge in [-0.05, 0) is 38.5 Å². The fourth-order valence-electron chi connectivity index (χ4n) is 2.40. The third-order valence-electron chi connectivity index (χ3n) is 3.68. The quantitative estimate of drug-likeness (QED) is 0.629. The number of benzene rings is 1. The number of carbonyl (C=O) groups excluding carboxylic acids is 1. The van der Waals surface area contributed by atoms with E-state index in [1.165, 1.54) is 13.2 Å². The summed E-state index contributed by atoms with van der Waals surface area (Å²) >= 11 is 0. The van der Waals surface area contributed by atoms with Gasteiger partial charge in [-0.25, -0.2) is 4.79 Å². The van der Waals surface area contributed by atoms with Crippen LogP contribution in [0.15, 0.2) is 24.3 Å². The number of methoxy groups -OCH3 is 1. The SMILES string of the molecule is COc1cc(O)c2c(c1)OCCCC/C=C/CCCCOC2=O. The van der Waals surface area contributed by atoms with E-state index in [0.717, 1.165) is 38.5 Å². The van der Waals surface area contributed by atoms with Crippen LogP contribution in [-0.4, -0.2) is 31.4 Å². The topological polar surface area (TPSA) is 65.0 Å². The summed E-state index contributed by atoms with van der Waals surface area (Å²) in [5.74, 6) is -0.00642. The second-order valence-electron chi connectivity index (χ2n) is 5.47. The molecule has 0 aromatic heterocycles. The van der Waals surface area contributed by atoms with Crippen molar-refractivity contribution in [2.24, 2.45) is 0 Å². The van der Waals surface area contributed by atoms with E-state index < -0.39 is 5.97 Å². The summed E-state index contributed by atoms with van der Waals surface area (Å²) in [7, 11) is 1.50. The molecule has 23 heavy (non-hydrogen) atoms. The molecule has 1 aromatic rings. The lowest BCUT2D eigenvalue weighted by atomic mass is 10.1. The molecule has 0 spiro atoms. The molecule has 2 rings (SSSR count). The molecule has 0 bridgehead atoms. The molecule has 1 aliphatic heterocycles. The summed E-state index contributed by atoms with van der Waals surface area (Å²) in [5.41, 5.74) is 0.0683. The maximum Gasteiger partial charge on any atom is 0.345 e. The first-order valence-corrected chi connectivity index (χ1v) is 8.08. The summed E-state index contributed by atoms with van der Waals surface area (Å²) in [4.78, 5) is 12.2. The van der Waals surface area contributed by atoms with E-state index in [0.29, 0.717) is 24.7 Å². The van der Waals surface area contributed by atoms with E-state index in [9.17, 15) is 9.90 Å². The zero-order valence-corrected chi connectivity index (χ0v) is 13.5. The van der Waals surface area contributed by atoms with Crippen molar-refractivity contribution in [3.05, 3.63) is 29.8 Å². The monoisotopic (exact) mass is 320 g/mol. The lowest BCUT2D eigenvalue weighted by Crippen LogP contribution is -2.10. The molecule has 0 saturated heterocycles. The number of rotatable bonds is 1. The maximum atomic E-state index is 12.2. The molecular formula is C18H24O5. The van der Waals surface area contributed by atoms with Crippen molar-refractivity contribution in [1.82, 2.24) is 0 Å². The molecule has 0 amide bonds. The first-order chi connectivity index (χ1) is 11.2. The summed E-state index contributed by atoms with van der Waals surface area (Å²) in [6, 6.07) is 3.00. The van der Waals surface area contributed by atoms with Gasteiger partial charge in [-0.15, -0.1) is 0 Å². The van der Waals surface area contributed by atoms with Crippen LogP contribution in [0, 0.1) is 0 Å². The molecular weight excluding hydrogens is 296 g/mol. The maximum absolute atomic E-state index is 12.2. The lowest BCUT2D eigenvalue weighted by molar-refractivity contribution is 0.0490. The van der Waals surface area contributed by atoms with E-state index in [-0.39, 0.29) is 11.3 Å². The number of ether oxygens (including phenoxy) is 3. The smallest absolute Gasteiger partial charge is 0.345 e. The average Bonchev–Trinajstić information content (AvgIpc) is 2.55. The number of phenols is 1. The Hall–Kier alpha value is -2.17. The van der Waals surface area contributed by atoms with Crippen molar-refractivity contribution in [3.8, 4) is 17.2 Å². The predicted molar refractivity (Wildman–Crippen MR) is 87.3 cm³/mol. The molecule has 5 nitrogen and oxygen atoms in total. The molecule has 126 valence electrons. The van der Waals surface area contributed by atoms with Gasteiger partial charge in [0, 0.05) is 12.1 Å². The summed E-state index contributed by atoms with van der Waals surface area (Å²) in [5, 5.41) is 10.1. The summed E-state index contributed by atoms with van der Waals surface area (Å²) in [6.07, 6.45) is 10.0. The van der Waals surface area contributed by atoms with Crippen LogP contribution < -0.4 is 9.47 Å². The molecule has 0 unspecified atom stereocenters. The molecule has 0 fully saturated rings. The largest absolute Gasteiger partial charge is 0.507 e. The Morgan fingerprint density at radius 1 is 1.00 bits per heavy atom. The average molecular weight is 320 g/mol. The van der Waals surface area contributed by atoms with Gasteiger partial charge in [0.1, 0.15) is 22.8 Å². The highest BCUT2D eigenvalue weighted by molar-refractivity contribution is 5.95. The van der Waals surface area contributed by atoms with Gasteiger partial charge in [-0.1, -0.05) is 12.2 Å². The first-order valence-electron chi connectivity index (χ1n) is 8.08. The van der Waals surface area contributed by atoms with Crippen LogP contribution in [0.3, 0.4) is 0 Å². The minimum atomic E-state index is -0.564. The van der Waals surface area contributed by atoms with Crippen LogP contribution in [0.5, 0.6) is 17.2 Å². The van der Waals surface area contributed by atoms with Gasteiger partial charge in [0.25, 0.3) is 0 Å². The fraction of sp³-hybridized carbons (Fsp3) is 0.500. The van der Waals surface area contributed by atoms with Crippen LogP contribution in [0.4, 0.5) is 0 Å². The zero-order chi connectivity index (χ0) is 16.5. The highest BCUT2D eigenvalue weighted by Crippen LogP contribution is 2.34. The Balaban J connectivity index is 2.19. The summed E-state index contributed by atoms with van der Waals surface area (Å²) < 4.78 is 16.1. The molecule has 0 radical (unpaired) electrons. The van der Waals surface area contributed by atoms with Crippen LogP contribution >= 0.6 is 0 Å². The number of hydrogen-bond donors (Lipinski definition) is 1. The lowest BCUT2D eigenvalue weighted by Gasteiger charge is -2.14. The van der Waals surface area contributed by atoms with Crippen molar-refractivity contribution in [3.63, 3.8) is 0 Å². The van der Waals surface area contributed by atoms with Gasteiger partial charge in [-0.2, -0.15) is 0 Å². The zero-order valence-electron chi connectivity index (χ0n) is 13.5. The number of cyclic esters (lactones) is 1. The molecule has 0 aliphatic carbocycles. The Labute approximate surface area is 136 Å². The molecule has 0 saturated carbocycles. The fourth-order valence-corrected chi connectivity index (χ4v) is 2.40. The van der Waals surface area contributed by atoms with E-state index in [1.54, 1.807) is 6.07 Å². The van der Waals surface area contributed by atoms with E-state index in [4.69, 9.17) is 14.2 Å². The van der Waals surface area contributed by atoms with Gasteiger partial charge >= 0.3 is 5.97 Å². The van der Waals surface area contributed by atoms with Crippen molar-refractivity contribution >= 4 is 5.97 Å².